The molecule has 2 heterocycles. The van der Waals surface area contributed by atoms with Gasteiger partial charge in [-0.25, -0.2) is 4.98 Å². The molecule has 6 heteroatoms. The highest BCUT2D eigenvalue weighted by Crippen LogP contribution is 2.26. The molecule has 1 atom stereocenters. The minimum absolute atomic E-state index is 0.0416. The molecule has 0 amide bonds. The van der Waals surface area contributed by atoms with E-state index in [9.17, 15) is 4.79 Å². The smallest absolute Gasteiger partial charge is 0.268 e. The van der Waals surface area contributed by atoms with Crippen LogP contribution in [0.2, 0.25) is 0 Å². The molecule has 80 valence electrons. The lowest BCUT2D eigenvalue weighted by Gasteiger charge is -2.05. The summed E-state index contributed by atoms with van der Waals surface area (Å²) in [7, 11) is 0. The van der Waals surface area contributed by atoms with E-state index in [-0.39, 0.29) is 10.4 Å². The number of alkyl halides is 1. The molecule has 2 rings (SSSR count). The van der Waals surface area contributed by atoms with Crippen LogP contribution in [0, 0.1) is 6.92 Å². The molecule has 0 spiro atoms. The molecule has 0 saturated carbocycles. The van der Waals surface area contributed by atoms with Gasteiger partial charge in [-0.1, -0.05) is 15.9 Å². The van der Waals surface area contributed by atoms with E-state index in [0.717, 1.165) is 16.3 Å². The van der Waals surface area contributed by atoms with Crippen LogP contribution in [0.5, 0.6) is 0 Å². The van der Waals surface area contributed by atoms with Crippen LogP contribution in [-0.4, -0.2) is 9.38 Å². The molecular weight excluding hydrogens is 344 g/mol. The highest BCUT2D eigenvalue weighted by atomic mass is 79.9. The van der Waals surface area contributed by atoms with E-state index in [1.54, 1.807) is 4.40 Å². The molecule has 0 N–H and O–H groups in total. The zero-order valence-electron chi connectivity index (χ0n) is 8.12. The minimum Gasteiger partial charge on any atom is -0.268 e. The van der Waals surface area contributed by atoms with Gasteiger partial charge in [-0.2, -0.15) is 0 Å². The van der Waals surface area contributed by atoms with Crippen molar-refractivity contribution in [3.8, 4) is 0 Å². The standard InChI is InChI=1S/C9H8Br2N2OS/c1-4-3-15-9-12-7(5(2)10)6(11)8(14)13(4)9/h3,5H,1-2H3. The Morgan fingerprint density at radius 3 is 2.87 bits per heavy atom. The molecule has 15 heavy (non-hydrogen) atoms. The average Bonchev–Trinajstić information content (AvgIpc) is 2.53. The molecule has 2 aromatic rings. The first kappa shape index (κ1) is 11.3. The van der Waals surface area contributed by atoms with Gasteiger partial charge in [0.1, 0.15) is 4.47 Å². The van der Waals surface area contributed by atoms with Crippen LogP contribution in [-0.2, 0) is 0 Å². The summed E-state index contributed by atoms with van der Waals surface area (Å²) in [4.78, 5) is 17.2. The zero-order chi connectivity index (χ0) is 11.2. The van der Waals surface area contributed by atoms with E-state index in [0.29, 0.717) is 4.47 Å². The van der Waals surface area contributed by atoms with Crippen LogP contribution >= 0.6 is 43.2 Å². The number of halogens is 2. The van der Waals surface area contributed by atoms with Gasteiger partial charge in [0.2, 0.25) is 0 Å². The zero-order valence-corrected chi connectivity index (χ0v) is 12.1. The normalized spacial score (nSPS) is 13.3. The Hall–Kier alpha value is -0.200. The first-order valence-corrected chi connectivity index (χ1v) is 6.91. The molecule has 0 radical (unpaired) electrons. The van der Waals surface area contributed by atoms with Crippen molar-refractivity contribution in [2.75, 3.05) is 0 Å². The lowest BCUT2D eigenvalue weighted by Crippen LogP contribution is -2.18. The molecule has 0 fully saturated rings. The molecule has 2 aromatic heterocycles. The molecule has 3 nitrogen and oxygen atoms in total. The second-order valence-corrected chi connectivity index (χ2v) is 6.23. The summed E-state index contributed by atoms with van der Waals surface area (Å²) in [5.41, 5.74) is 1.63. The van der Waals surface area contributed by atoms with Crippen LogP contribution in [0.1, 0.15) is 23.1 Å². The number of fused-ring (bicyclic) bond motifs is 1. The first-order chi connectivity index (χ1) is 7.02. The maximum atomic E-state index is 12.0. The monoisotopic (exact) mass is 350 g/mol. The van der Waals surface area contributed by atoms with Gasteiger partial charge in [0.05, 0.1) is 10.5 Å². The van der Waals surface area contributed by atoms with Gasteiger partial charge in [0, 0.05) is 11.1 Å². The van der Waals surface area contributed by atoms with Crippen molar-refractivity contribution >= 4 is 48.2 Å². The fraction of sp³-hybridized carbons (Fsp3) is 0.333. The molecule has 0 aromatic carbocycles. The number of thiazole rings is 1. The molecule has 0 saturated heterocycles. The Kier molecular flexibility index (Phi) is 3.00. The fourth-order valence-corrected chi connectivity index (χ4v) is 3.45. The third kappa shape index (κ3) is 1.79. The van der Waals surface area contributed by atoms with Gasteiger partial charge >= 0.3 is 0 Å². The SMILES string of the molecule is Cc1csc2nc(C(C)Br)c(Br)c(=O)n12. The third-order valence-electron chi connectivity index (χ3n) is 2.09. The summed E-state index contributed by atoms with van der Waals surface area (Å²) in [6.07, 6.45) is 0. The third-order valence-corrected chi connectivity index (χ3v) is 4.21. The summed E-state index contributed by atoms with van der Waals surface area (Å²) in [6, 6.07) is 0. The molecular formula is C9H8Br2N2OS. The molecule has 0 bridgehead atoms. The number of aromatic nitrogens is 2. The van der Waals surface area contributed by atoms with Gasteiger partial charge < -0.3 is 0 Å². The van der Waals surface area contributed by atoms with Crippen LogP contribution in [0.25, 0.3) is 4.96 Å². The summed E-state index contributed by atoms with van der Waals surface area (Å²) in [6.45, 7) is 3.85. The van der Waals surface area contributed by atoms with Crippen molar-refractivity contribution < 1.29 is 0 Å². The van der Waals surface area contributed by atoms with Crippen molar-refractivity contribution in [1.82, 2.24) is 9.38 Å². The Balaban J connectivity index is 2.91. The summed E-state index contributed by atoms with van der Waals surface area (Å²) >= 11 is 8.20. The van der Waals surface area contributed by atoms with Crippen LogP contribution < -0.4 is 5.56 Å². The topological polar surface area (TPSA) is 34.4 Å². The van der Waals surface area contributed by atoms with Gasteiger partial charge in [0.15, 0.2) is 4.96 Å². The van der Waals surface area contributed by atoms with Gasteiger partial charge in [-0.3, -0.25) is 9.20 Å². The van der Waals surface area contributed by atoms with Gasteiger partial charge in [-0.05, 0) is 29.8 Å². The second kappa shape index (κ2) is 3.99. The molecule has 1 unspecified atom stereocenters. The van der Waals surface area contributed by atoms with Crippen molar-refractivity contribution in [2.45, 2.75) is 18.7 Å². The molecule has 0 aliphatic heterocycles. The highest BCUT2D eigenvalue weighted by Gasteiger charge is 2.15. The summed E-state index contributed by atoms with van der Waals surface area (Å²) in [5.74, 6) is 0. The van der Waals surface area contributed by atoms with E-state index in [1.807, 2.05) is 19.2 Å². The first-order valence-electron chi connectivity index (χ1n) is 4.32. The maximum Gasteiger partial charge on any atom is 0.273 e. The minimum atomic E-state index is -0.0416. The summed E-state index contributed by atoms with van der Waals surface area (Å²) in [5, 5.41) is 1.93. The number of nitrogens with zero attached hydrogens (tertiary/aromatic N) is 2. The van der Waals surface area contributed by atoms with E-state index >= 15 is 0 Å². The van der Waals surface area contributed by atoms with Crippen molar-refractivity contribution in [3.63, 3.8) is 0 Å². The van der Waals surface area contributed by atoms with Gasteiger partial charge in [-0.15, -0.1) is 11.3 Å². The lowest BCUT2D eigenvalue weighted by molar-refractivity contribution is 0.940. The van der Waals surface area contributed by atoms with Crippen molar-refractivity contribution in [1.29, 1.82) is 0 Å². The number of rotatable bonds is 1. The lowest BCUT2D eigenvalue weighted by atomic mass is 10.3. The number of hydrogen-bond donors (Lipinski definition) is 0. The molecule has 0 aliphatic carbocycles. The predicted molar refractivity (Wildman–Crippen MR) is 69.1 cm³/mol. The fourth-order valence-electron chi connectivity index (χ4n) is 1.34. The van der Waals surface area contributed by atoms with Crippen molar-refractivity contribution in [2.24, 2.45) is 0 Å². The van der Waals surface area contributed by atoms with Crippen LogP contribution in [0.15, 0.2) is 14.6 Å². The number of aryl methyl sites for hydroxylation is 1. The summed E-state index contributed by atoms with van der Waals surface area (Å²) < 4.78 is 2.15. The van der Waals surface area contributed by atoms with Crippen LogP contribution in [0.3, 0.4) is 0 Å². The Labute approximate surface area is 107 Å². The van der Waals surface area contributed by atoms with Gasteiger partial charge in [0.25, 0.3) is 5.56 Å². The maximum absolute atomic E-state index is 12.0. The predicted octanol–water partition coefficient (Wildman–Crippen LogP) is 3.28. The van der Waals surface area contributed by atoms with Crippen molar-refractivity contribution in [3.05, 3.63) is 31.6 Å². The molecule has 0 aliphatic rings. The number of hydrogen-bond acceptors (Lipinski definition) is 3. The van der Waals surface area contributed by atoms with E-state index in [1.165, 1.54) is 11.3 Å². The Morgan fingerprint density at radius 2 is 2.27 bits per heavy atom. The average molecular weight is 352 g/mol. The van der Waals surface area contributed by atoms with E-state index < -0.39 is 0 Å². The highest BCUT2D eigenvalue weighted by molar-refractivity contribution is 9.11. The van der Waals surface area contributed by atoms with E-state index in [2.05, 4.69) is 36.8 Å². The largest absolute Gasteiger partial charge is 0.273 e. The van der Waals surface area contributed by atoms with Crippen LogP contribution in [0.4, 0.5) is 0 Å². The Morgan fingerprint density at radius 1 is 1.60 bits per heavy atom. The quantitative estimate of drug-likeness (QED) is 0.739. The Bertz CT molecular complexity index is 573. The van der Waals surface area contributed by atoms with E-state index in [4.69, 9.17) is 0 Å². The second-order valence-electron chi connectivity index (χ2n) is 3.23.